The summed E-state index contributed by atoms with van der Waals surface area (Å²) in [7, 11) is 3.49. The number of ether oxygens (including phenoxy) is 1. The van der Waals surface area contributed by atoms with E-state index in [1.54, 1.807) is 13.3 Å². The molecule has 12 heavy (non-hydrogen) atoms. The van der Waals surface area contributed by atoms with E-state index in [2.05, 4.69) is 15.3 Å². The lowest BCUT2D eigenvalue weighted by Gasteiger charge is -2.05. The first-order valence-electron chi connectivity index (χ1n) is 3.79. The molecule has 1 aromatic heterocycles. The van der Waals surface area contributed by atoms with Crippen LogP contribution in [0.2, 0.25) is 0 Å². The van der Waals surface area contributed by atoms with Gasteiger partial charge in [0.15, 0.2) is 0 Å². The molecular formula is C8H13N3O. The molecule has 0 spiro atoms. The van der Waals surface area contributed by atoms with Gasteiger partial charge in [-0.25, -0.2) is 4.98 Å². The van der Waals surface area contributed by atoms with E-state index in [0.717, 1.165) is 17.9 Å². The van der Waals surface area contributed by atoms with Gasteiger partial charge in [-0.05, 0) is 14.0 Å². The maximum atomic E-state index is 5.09. The second-order valence-corrected chi connectivity index (χ2v) is 2.48. The Kier molecular flexibility index (Phi) is 2.99. The summed E-state index contributed by atoms with van der Waals surface area (Å²) in [6, 6.07) is 0. The Morgan fingerprint density at radius 1 is 1.58 bits per heavy atom. The molecule has 0 fully saturated rings. The van der Waals surface area contributed by atoms with E-state index in [0.29, 0.717) is 5.88 Å². The molecule has 0 aliphatic rings. The number of aromatic nitrogens is 2. The highest BCUT2D eigenvalue weighted by molar-refractivity contribution is 5.23. The van der Waals surface area contributed by atoms with Gasteiger partial charge >= 0.3 is 0 Å². The number of nitrogens with zero attached hydrogens (tertiary/aromatic N) is 2. The standard InChI is InChI=1S/C8H13N3O/c1-6-10-5-7(4-9-2)8(11-6)12-3/h5,9H,4H2,1-3H3. The third-order valence-electron chi connectivity index (χ3n) is 1.51. The number of hydrogen-bond donors (Lipinski definition) is 1. The van der Waals surface area contributed by atoms with Gasteiger partial charge in [0.05, 0.1) is 7.11 Å². The number of rotatable bonds is 3. The molecular weight excluding hydrogens is 154 g/mol. The van der Waals surface area contributed by atoms with E-state index in [9.17, 15) is 0 Å². The van der Waals surface area contributed by atoms with Gasteiger partial charge in [-0.15, -0.1) is 0 Å². The summed E-state index contributed by atoms with van der Waals surface area (Å²) >= 11 is 0. The van der Waals surface area contributed by atoms with E-state index in [1.165, 1.54) is 0 Å². The zero-order chi connectivity index (χ0) is 8.97. The Hall–Kier alpha value is -1.16. The van der Waals surface area contributed by atoms with Gasteiger partial charge in [0.25, 0.3) is 0 Å². The van der Waals surface area contributed by atoms with Crippen LogP contribution in [-0.2, 0) is 6.54 Å². The third kappa shape index (κ3) is 1.92. The number of aryl methyl sites for hydroxylation is 1. The lowest BCUT2D eigenvalue weighted by molar-refractivity contribution is 0.388. The van der Waals surface area contributed by atoms with Gasteiger partial charge in [-0.3, -0.25) is 0 Å². The van der Waals surface area contributed by atoms with Crippen molar-refractivity contribution in [2.45, 2.75) is 13.5 Å². The second-order valence-electron chi connectivity index (χ2n) is 2.48. The van der Waals surface area contributed by atoms with Crippen molar-refractivity contribution in [3.8, 4) is 5.88 Å². The van der Waals surface area contributed by atoms with E-state index < -0.39 is 0 Å². The normalized spacial score (nSPS) is 9.92. The van der Waals surface area contributed by atoms with Crippen molar-refractivity contribution >= 4 is 0 Å². The minimum absolute atomic E-state index is 0.650. The maximum Gasteiger partial charge on any atom is 0.220 e. The summed E-state index contributed by atoms with van der Waals surface area (Å²) in [6.07, 6.45) is 1.78. The first-order chi connectivity index (χ1) is 5.77. The fourth-order valence-electron chi connectivity index (χ4n) is 0.963. The van der Waals surface area contributed by atoms with E-state index in [-0.39, 0.29) is 0 Å². The molecule has 0 atom stereocenters. The molecule has 66 valence electrons. The minimum Gasteiger partial charge on any atom is -0.481 e. The van der Waals surface area contributed by atoms with Gasteiger partial charge in [0, 0.05) is 18.3 Å². The van der Waals surface area contributed by atoms with Crippen LogP contribution < -0.4 is 10.1 Å². The monoisotopic (exact) mass is 167 g/mol. The molecule has 0 bridgehead atoms. The summed E-state index contributed by atoms with van der Waals surface area (Å²) in [6.45, 7) is 2.56. The van der Waals surface area contributed by atoms with Crippen LogP contribution in [0.25, 0.3) is 0 Å². The topological polar surface area (TPSA) is 47.0 Å². The van der Waals surface area contributed by atoms with Crippen LogP contribution >= 0.6 is 0 Å². The highest BCUT2D eigenvalue weighted by Crippen LogP contribution is 2.12. The fourth-order valence-corrected chi connectivity index (χ4v) is 0.963. The molecule has 0 saturated carbocycles. The highest BCUT2D eigenvalue weighted by Gasteiger charge is 2.03. The molecule has 0 amide bonds. The minimum atomic E-state index is 0.650. The van der Waals surface area contributed by atoms with Gasteiger partial charge in [-0.1, -0.05) is 0 Å². The molecule has 0 saturated heterocycles. The quantitative estimate of drug-likeness (QED) is 0.712. The molecule has 1 heterocycles. The van der Waals surface area contributed by atoms with Crippen LogP contribution in [0.1, 0.15) is 11.4 Å². The Labute approximate surface area is 72.0 Å². The highest BCUT2D eigenvalue weighted by atomic mass is 16.5. The molecule has 0 aliphatic carbocycles. The van der Waals surface area contributed by atoms with Crippen molar-refractivity contribution in [1.29, 1.82) is 0 Å². The predicted octanol–water partition coefficient (Wildman–Crippen LogP) is 0.513. The molecule has 4 heteroatoms. The zero-order valence-corrected chi connectivity index (χ0v) is 7.59. The fraction of sp³-hybridized carbons (Fsp3) is 0.500. The van der Waals surface area contributed by atoms with Crippen molar-refractivity contribution in [2.75, 3.05) is 14.2 Å². The molecule has 0 unspecified atom stereocenters. The van der Waals surface area contributed by atoms with Crippen LogP contribution in [0.5, 0.6) is 5.88 Å². The van der Waals surface area contributed by atoms with Crippen molar-refractivity contribution in [3.05, 3.63) is 17.6 Å². The molecule has 0 radical (unpaired) electrons. The maximum absolute atomic E-state index is 5.09. The van der Waals surface area contributed by atoms with Gasteiger partial charge < -0.3 is 10.1 Å². The number of methoxy groups -OCH3 is 1. The summed E-state index contributed by atoms with van der Waals surface area (Å²) in [5, 5.41) is 3.02. The summed E-state index contributed by atoms with van der Waals surface area (Å²) in [5.74, 6) is 1.38. The molecule has 1 aromatic rings. The SMILES string of the molecule is CNCc1cnc(C)nc1OC. The Balaban J connectivity index is 2.94. The molecule has 0 aliphatic heterocycles. The first-order valence-corrected chi connectivity index (χ1v) is 3.79. The van der Waals surface area contributed by atoms with Crippen molar-refractivity contribution in [2.24, 2.45) is 0 Å². The van der Waals surface area contributed by atoms with Crippen LogP contribution in [0.4, 0.5) is 0 Å². The van der Waals surface area contributed by atoms with Gasteiger partial charge in [0.2, 0.25) is 5.88 Å². The molecule has 1 N–H and O–H groups in total. The van der Waals surface area contributed by atoms with Crippen LogP contribution in [0, 0.1) is 6.92 Å². The lowest BCUT2D eigenvalue weighted by Crippen LogP contribution is -2.08. The second kappa shape index (κ2) is 4.01. The lowest BCUT2D eigenvalue weighted by atomic mass is 10.3. The van der Waals surface area contributed by atoms with Crippen molar-refractivity contribution in [1.82, 2.24) is 15.3 Å². The van der Waals surface area contributed by atoms with E-state index in [1.807, 2.05) is 14.0 Å². The molecule has 1 rings (SSSR count). The van der Waals surface area contributed by atoms with Crippen LogP contribution in [0.3, 0.4) is 0 Å². The Morgan fingerprint density at radius 2 is 2.33 bits per heavy atom. The smallest absolute Gasteiger partial charge is 0.220 e. The number of nitrogens with one attached hydrogen (secondary N) is 1. The first kappa shape index (κ1) is 8.93. The molecule has 4 nitrogen and oxygen atoms in total. The largest absolute Gasteiger partial charge is 0.481 e. The van der Waals surface area contributed by atoms with Crippen molar-refractivity contribution < 1.29 is 4.74 Å². The van der Waals surface area contributed by atoms with Crippen LogP contribution in [0.15, 0.2) is 6.20 Å². The predicted molar refractivity (Wildman–Crippen MR) is 46.1 cm³/mol. The average molecular weight is 167 g/mol. The summed E-state index contributed by atoms with van der Waals surface area (Å²) in [4.78, 5) is 8.21. The van der Waals surface area contributed by atoms with E-state index >= 15 is 0 Å². The zero-order valence-electron chi connectivity index (χ0n) is 7.59. The van der Waals surface area contributed by atoms with Gasteiger partial charge in [0.1, 0.15) is 5.82 Å². The van der Waals surface area contributed by atoms with E-state index in [4.69, 9.17) is 4.74 Å². The summed E-state index contributed by atoms with van der Waals surface area (Å²) in [5.41, 5.74) is 0.977. The Bertz CT molecular complexity index is 262. The van der Waals surface area contributed by atoms with Crippen molar-refractivity contribution in [3.63, 3.8) is 0 Å². The van der Waals surface area contributed by atoms with Crippen LogP contribution in [-0.4, -0.2) is 24.1 Å². The molecule has 0 aromatic carbocycles. The van der Waals surface area contributed by atoms with Gasteiger partial charge in [-0.2, -0.15) is 4.98 Å². The summed E-state index contributed by atoms with van der Waals surface area (Å²) < 4.78 is 5.09. The number of hydrogen-bond acceptors (Lipinski definition) is 4. The average Bonchev–Trinajstić information content (AvgIpc) is 2.08. The third-order valence-corrected chi connectivity index (χ3v) is 1.51. The Morgan fingerprint density at radius 3 is 2.92 bits per heavy atom.